The lowest BCUT2D eigenvalue weighted by atomic mass is 9.84. The molecule has 0 N–H and O–H groups in total. The number of rotatable bonds is 1. The molecule has 1 heterocycles. The lowest BCUT2D eigenvalue weighted by Crippen LogP contribution is -2.06. The molecule has 0 atom stereocenters. The number of pyridine rings is 1. The molecule has 2 rings (SSSR count). The minimum Gasteiger partial charge on any atom is -0.227 e. The van der Waals surface area contributed by atoms with E-state index in [2.05, 4.69) is 20.9 Å². The molecule has 1 aromatic rings. The van der Waals surface area contributed by atoms with E-state index in [1.807, 2.05) is 6.07 Å². The first-order chi connectivity index (χ1) is 6.79. The summed E-state index contributed by atoms with van der Waals surface area (Å²) in [6, 6.07) is 1.93. The van der Waals surface area contributed by atoms with Gasteiger partial charge in [-0.3, -0.25) is 0 Å². The SMILES string of the molecule is Fc1nccc(C2CCCCC2)c1Br. The van der Waals surface area contributed by atoms with Crippen LogP contribution in [-0.2, 0) is 0 Å². The minimum absolute atomic E-state index is 0.381. The molecule has 76 valence electrons. The molecule has 0 saturated heterocycles. The van der Waals surface area contributed by atoms with E-state index < -0.39 is 0 Å². The second-order valence-corrected chi connectivity index (χ2v) is 4.63. The third-order valence-corrected chi connectivity index (χ3v) is 3.71. The summed E-state index contributed by atoms with van der Waals surface area (Å²) in [5.74, 6) is 0.142. The van der Waals surface area contributed by atoms with Gasteiger partial charge in [-0.2, -0.15) is 4.39 Å². The molecule has 0 aliphatic heterocycles. The number of nitrogens with zero attached hydrogens (tertiary/aromatic N) is 1. The molecular formula is C11H13BrFN. The van der Waals surface area contributed by atoms with Crippen LogP contribution < -0.4 is 0 Å². The summed E-state index contributed by atoms with van der Waals surface area (Å²) in [6.45, 7) is 0. The topological polar surface area (TPSA) is 12.9 Å². The largest absolute Gasteiger partial charge is 0.227 e. The third kappa shape index (κ3) is 1.97. The molecule has 1 nitrogen and oxygen atoms in total. The van der Waals surface area contributed by atoms with Gasteiger partial charge in [-0.1, -0.05) is 19.3 Å². The molecule has 1 aliphatic carbocycles. The summed E-state index contributed by atoms with van der Waals surface area (Å²) in [5, 5.41) is 0. The first-order valence-corrected chi connectivity index (χ1v) is 5.88. The average Bonchev–Trinajstić information content (AvgIpc) is 2.23. The van der Waals surface area contributed by atoms with E-state index in [0.717, 1.165) is 5.56 Å². The van der Waals surface area contributed by atoms with Gasteiger partial charge in [-0.25, -0.2) is 4.98 Å². The summed E-state index contributed by atoms with van der Waals surface area (Å²) in [5.41, 5.74) is 1.09. The fourth-order valence-corrected chi connectivity index (χ4v) is 2.72. The maximum absolute atomic E-state index is 13.2. The van der Waals surface area contributed by atoms with E-state index >= 15 is 0 Å². The molecule has 0 aromatic carbocycles. The summed E-state index contributed by atoms with van der Waals surface area (Å²) in [6.07, 6.45) is 7.78. The van der Waals surface area contributed by atoms with Crippen molar-refractivity contribution in [1.29, 1.82) is 0 Å². The predicted molar refractivity (Wildman–Crippen MR) is 57.7 cm³/mol. The molecule has 1 aromatic heterocycles. The summed E-state index contributed by atoms with van der Waals surface area (Å²) < 4.78 is 13.7. The Balaban J connectivity index is 2.26. The van der Waals surface area contributed by atoms with Crippen molar-refractivity contribution in [2.24, 2.45) is 0 Å². The zero-order chi connectivity index (χ0) is 9.97. The van der Waals surface area contributed by atoms with Gasteiger partial charge in [0.05, 0.1) is 4.47 Å². The van der Waals surface area contributed by atoms with Gasteiger partial charge >= 0.3 is 0 Å². The van der Waals surface area contributed by atoms with Gasteiger partial charge < -0.3 is 0 Å². The van der Waals surface area contributed by atoms with Crippen LogP contribution in [0.3, 0.4) is 0 Å². The third-order valence-electron chi connectivity index (χ3n) is 2.92. The van der Waals surface area contributed by atoms with Gasteiger partial charge in [-0.05, 0) is 46.3 Å². The minimum atomic E-state index is -0.381. The van der Waals surface area contributed by atoms with Gasteiger partial charge in [0.25, 0.3) is 0 Å². The monoisotopic (exact) mass is 257 g/mol. The second kappa shape index (κ2) is 4.39. The Morgan fingerprint density at radius 2 is 2.00 bits per heavy atom. The number of halogens is 2. The van der Waals surface area contributed by atoms with Crippen LogP contribution >= 0.6 is 15.9 Å². The van der Waals surface area contributed by atoms with E-state index in [1.165, 1.54) is 32.1 Å². The number of aromatic nitrogens is 1. The van der Waals surface area contributed by atoms with Gasteiger partial charge in [0.15, 0.2) is 0 Å². The predicted octanol–water partition coefficient (Wildman–Crippen LogP) is 4.03. The van der Waals surface area contributed by atoms with E-state index in [1.54, 1.807) is 6.20 Å². The van der Waals surface area contributed by atoms with E-state index in [9.17, 15) is 4.39 Å². The van der Waals surface area contributed by atoms with E-state index in [0.29, 0.717) is 10.4 Å². The van der Waals surface area contributed by atoms with Crippen molar-refractivity contribution >= 4 is 15.9 Å². The van der Waals surface area contributed by atoms with Crippen molar-refractivity contribution in [3.63, 3.8) is 0 Å². The van der Waals surface area contributed by atoms with Crippen LogP contribution in [0, 0.1) is 5.95 Å². The van der Waals surface area contributed by atoms with Crippen molar-refractivity contribution in [3.8, 4) is 0 Å². The number of hydrogen-bond donors (Lipinski definition) is 0. The van der Waals surface area contributed by atoms with Crippen molar-refractivity contribution < 1.29 is 4.39 Å². The van der Waals surface area contributed by atoms with Crippen molar-refractivity contribution in [3.05, 3.63) is 28.2 Å². The fraction of sp³-hybridized carbons (Fsp3) is 0.545. The summed E-state index contributed by atoms with van der Waals surface area (Å²) >= 11 is 3.28. The first-order valence-electron chi connectivity index (χ1n) is 5.09. The zero-order valence-electron chi connectivity index (χ0n) is 7.97. The summed E-state index contributed by atoms with van der Waals surface area (Å²) in [4.78, 5) is 3.62. The zero-order valence-corrected chi connectivity index (χ0v) is 9.56. The fourth-order valence-electron chi connectivity index (χ4n) is 2.16. The Morgan fingerprint density at radius 3 is 2.71 bits per heavy atom. The highest BCUT2D eigenvalue weighted by atomic mass is 79.9. The van der Waals surface area contributed by atoms with Crippen LogP contribution in [0.25, 0.3) is 0 Å². The van der Waals surface area contributed by atoms with Crippen LogP contribution in [0.15, 0.2) is 16.7 Å². The Morgan fingerprint density at radius 1 is 1.29 bits per heavy atom. The Bertz CT molecular complexity index is 321. The van der Waals surface area contributed by atoms with Crippen LogP contribution in [0.4, 0.5) is 4.39 Å². The Hall–Kier alpha value is -0.440. The van der Waals surface area contributed by atoms with Crippen molar-refractivity contribution in [2.45, 2.75) is 38.0 Å². The van der Waals surface area contributed by atoms with Gasteiger partial charge in [0.1, 0.15) is 0 Å². The average molecular weight is 258 g/mol. The van der Waals surface area contributed by atoms with Gasteiger partial charge in [-0.15, -0.1) is 0 Å². The maximum Gasteiger partial charge on any atom is 0.227 e. The molecule has 0 amide bonds. The van der Waals surface area contributed by atoms with Crippen LogP contribution in [0.5, 0.6) is 0 Å². The molecule has 0 unspecified atom stereocenters. The maximum atomic E-state index is 13.2. The molecule has 3 heteroatoms. The van der Waals surface area contributed by atoms with Crippen LogP contribution in [-0.4, -0.2) is 4.98 Å². The molecule has 0 radical (unpaired) electrons. The lowest BCUT2D eigenvalue weighted by molar-refractivity contribution is 0.439. The highest BCUT2D eigenvalue weighted by Gasteiger charge is 2.19. The first kappa shape index (κ1) is 10.1. The second-order valence-electron chi connectivity index (χ2n) is 3.84. The van der Waals surface area contributed by atoms with Crippen LogP contribution in [0.2, 0.25) is 0 Å². The molecule has 1 aliphatic rings. The quantitative estimate of drug-likeness (QED) is 0.693. The lowest BCUT2D eigenvalue weighted by Gasteiger charge is -2.22. The molecule has 1 saturated carbocycles. The van der Waals surface area contributed by atoms with Crippen molar-refractivity contribution in [2.75, 3.05) is 0 Å². The molecule has 0 spiro atoms. The van der Waals surface area contributed by atoms with Crippen molar-refractivity contribution in [1.82, 2.24) is 4.98 Å². The molecular weight excluding hydrogens is 245 g/mol. The Kier molecular flexibility index (Phi) is 3.16. The molecule has 14 heavy (non-hydrogen) atoms. The highest BCUT2D eigenvalue weighted by molar-refractivity contribution is 9.10. The Labute approximate surface area is 91.9 Å². The number of hydrogen-bond acceptors (Lipinski definition) is 1. The van der Waals surface area contributed by atoms with E-state index in [-0.39, 0.29) is 5.95 Å². The molecule has 0 bridgehead atoms. The standard InChI is InChI=1S/C11H13BrFN/c12-10-9(6-7-14-11(10)13)8-4-2-1-3-5-8/h6-8H,1-5H2. The molecule has 1 fully saturated rings. The highest BCUT2D eigenvalue weighted by Crippen LogP contribution is 2.36. The summed E-state index contributed by atoms with van der Waals surface area (Å²) in [7, 11) is 0. The van der Waals surface area contributed by atoms with E-state index in [4.69, 9.17) is 0 Å². The van der Waals surface area contributed by atoms with Crippen LogP contribution in [0.1, 0.15) is 43.6 Å². The van der Waals surface area contributed by atoms with Gasteiger partial charge in [0, 0.05) is 6.20 Å². The van der Waals surface area contributed by atoms with Gasteiger partial charge in [0.2, 0.25) is 5.95 Å². The smallest absolute Gasteiger partial charge is 0.227 e. The normalized spacial score (nSPS) is 18.4.